The van der Waals surface area contributed by atoms with Crippen LogP contribution in [-0.2, 0) is 0 Å². The summed E-state index contributed by atoms with van der Waals surface area (Å²) in [6.45, 7) is 2.01. The number of nitrogens with one attached hydrogen (secondary N) is 1. The second-order valence-electron chi connectivity index (χ2n) is 5.08. The number of nitrogens with zero attached hydrogens (tertiary/aromatic N) is 1. The van der Waals surface area contributed by atoms with Crippen molar-refractivity contribution in [1.29, 1.82) is 0 Å². The quantitative estimate of drug-likeness (QED) is 0.758. The van der Waals surface area contributed by atoms with Crippen LogP contribution >= 0.6 is 15.9 Å². The number of rotatable bonds is 5. The van der Waals surface area contributed by atoms with Gasteiger partial charge in [0.15, 0.2) is 0 Å². The van der Waals surface area contributed by atoms with Crippen LogP contribution < -0.4 is 5.32 Å². The third-order valence-corrected chi connectivity index (χ3v) is 4.22. The Labute approximate surface area is 122 Å². The van der Waals surface area contributed by atoms with Crippen LogP contribution in [0.25, 0.3) is 0 Å². The van der Waals surface area contributed by atoms with E-state index in [4.69, 9.17) is 0 Å². The maximum Gasteiger partial charge on any atom is 0.0938 e. The normalized spacial score (nSPS) is 25.7. The minimum absolute atomic E-state index is 0.294. The van der Waals surface area contributed by atoms with E-state index in [0.717, 1.165) is 17.4 Å². The highest BCUT2D eigenvalue weighted by molar-refractivity contribution is 9.10. The van der Waals surface area contributed by atoms with Gasteiger partial charge in [-0.15, -0.1) is 0 Å². The summed E-state index contributed by atoms with van der Waals surface area (Å²) in [4.78, 5) is 2.11. The van der Waals surface area contributed by atoms with Crippen molar-refractivity contribution < 1.29 is 10.2 Å². The lowest BCUT2D eigenvalue weighted by molar-refractivity contribution is 0.0572. The van der Waals surface area contributed by atoms with Gasteiger partial charge in [-0.05, 0) is 31.2 Å². The predicted molar refractivity (Wildman–Crippen MR) is 79.0 cm³/mol. The molecule has 1 saturated heterocycles. The molecule has 0 radical (unpaired) electrons. The van der Waals surface area contributed by atoms with Gasteiger partial charge in [0.25, 0.3) is 0 Å². The van der Waals surface area contributed by atoms with Crippen molar-refractivity contribution in [3.05, 3.63) is 34.3 Å². The fraction of sp³-hybridized carbons (Fsp3) is 0.571. The Bertz CT molecular complexity index is 389. The first-order valence-corrected chi connectivity index (χ1v) is 7.40. The molecule has 0 aliphatic carbocycles. The Morgan fingerprint density at radius 3 is 2.37 bits per heavy atom. The molecule has 0 amide bonds. The van der Waals surface area contributed by atoms with Crippen LogP contribution in [0.3, 0.4) is 0 Å². The van der Waals surface area contributed by atoms with Crippen molar-refractivity contribution in [2.75, 3.05) is 26.7 Å². The zero-order chi connectivity index (χ0) is 13.8. The lowest BCUT2D eigenvalue weighted by Gasteiger charge is -2.21. The number of hydrogen-bond acceptors (Lipinski definition) is 4. The number of aliphatic hydroxyl groups is 2. The van der Waals surface area contributed by atoms with Crippen LogP contribution in [0.15, 0.2) is 28.7 Å². The highest BCUT2D eigenvalue weighted by atomic mass is 79.9. The molecule has 2 rings (SSSR count). The minimum atomic E-state index is -0.597. The van der Waals surface area contributed by atoms with E-state index in [1.54, 1.807) is 0 Å². The SMILES string of the molecule is CNC(CCN1CC(O)C(O)C1)c1ccc(Br)cc1. The van der Waals surface area contributed by atoms with E-state index in [1.807, 2.05) is 19.2 Å². The predicted octanol–water partition coefficient (Wildman–Crippen LogP) is 1.14. The van der Waals surface area contributed by atoms with Gasteiger partial charge in [0.05, 0.1) is 12.2 Å². The highest BCUT2D eigenvalue weighted by Crippen LogP contribution is 2.20. The Morgan fingerprint density at radius 2 is 1.84 bits per heavy atom. The average molecular weight is 329 g/mol. The number of aliphatic hydroxyl groups excluding tert-OH is 2. The van der Waals surface area contributed by atoms with Gasteiger partial charge in [0.1, 0.15) is 0 Å². The number of hydrogen-bond donors (Lipinski definition) is 3. The molecule has 3 atom stereocenters. The molecule has 3 N–H and O–H groups in total. The minimum Gasteiger partial charge on any atom is -0.389 e. The molecular formula is C14H21BrN2O2. The largest absolute Gasteiger partial charge is 0.389 e. The van der Waals surface area contributed by atoms with Gasteiger partial charge in [0, 0.05) is 30.1 Å². The summed E-state index contributed by atoms with van der Waals surface area (Å²) in [5.74, 6) is 0. The van der Waals surface area contributed by atoms with Crippen molar-refractivity contribution in [2.45, 2.75) is 24.7 Å². The maximum absolute atomic E-state index is 9.53. The van der Waals surface area contributed by atoms with E-state index >= 15 is 0 Å². The zero-order valence-electron chi connectivity index (χ0n) is 11.1. The monoisotopic (exact) mass is 328 g/mol. The summed E-state index contributed by atoms with van der Waals surface area (Å²) in [6.07, 6.45) is -0.237. The molecule has 0 saturated carbocycles. The van der Waals surface area contributed by atoms with Gasteiger partial charge < -0.3 is 15.5 Å². The average Bonchev–Trinajstić information content (AvgIpc) is 2.71. The van der Waals surface area contributed by atoms with E-state index in [0.29, 0.717) is 19.1 Å². The van der Waals surface area contributed by atoms with Gasteiger partial charge in [-0.1, -0.05) is 28.1 Å². The molecule has 4 nitrogen and oxygen atoms in total. The molecule has 106 valence electrons. The third-order valence-electron chi connectivity index (χ3n) is 3.69. The van der Waals surface area contributed by atoms with Gasteiger partial charge >= 0.3 is 0 Å². The molecule has 1 aliphatic heterocycles. The van der Waals surface area contributed by atoms with E-state index in [1.165, 1.54) is 5.56 Å². The maximum atomic E-state index is 9.53. The first-order chi connectivity index (χ1) is 9.10. The topological polar surface area (TPSA) is 55.7 Å². The second kappa shape index (κ2) is 6.81. The van der Waals surface area contributed by atoms with Gasteiger partial charge in [0.2, 0.25) is 0 Å². The lowest BCUT2D eigenvalue weighted by Crippen LogP contribution is -2.27. The summed E-state index contributed by atoms with van der Waals surface area (Å²) in [5.41, 5.74) is 1.26. The van der Waals surface area contributed by atoms with E-state index < -0.39 is 12.2 Å². The van der Waals surface area contributed by atoms with Crippen LogP contribution in [-0.4, -0.2) is 54.0 Å². The molecule has 0 bridgehead atoms. The van der Waals surface area contributed by atoms with Crippen LogP contribution in [0.2, 0.25) is 0 Å². The fourth-order valence-corrected chi connectivity index (χ4v) is 2.78. The number of halogens is 1. The molecule has 1 aromatic carbocycles. The first kappa shape index (κ1) is 14.9. The molecule has 1 aromatic rings. The van der Waals surface area contributed by atoms with E-state index in [-0.39, 0.29) is 0 Å². The van der Waals surface area contributed by atoms with Gasteiger partial charge in [-0.2, -0.15) is 0 Å². The molecule has 3 unspecified atom stereocenters. The summed E-state index contributed by atoms with van der Waals surface area (Å²) < 4.78 is 1.08. The second-order valence-corrected chi connectivity index (χ2v) is 5.99. The summed E-state index contributed by atoms with van der Waals surface area (Å²) in [5, 5.41) is 22.4. The molecule has 19 heavy (non-hydrogen) atoms. The third kappa shape index (κ3) is 4.00. The van der Waals surface area contributed by atoms with Crippen molar-refractivity contribution in [1.82, 2.24) is 10.2 Å². The van der Waals surface area contributed by atoms with Crippen molar-refractivity contribution >= 4 is 15.9 Å². The van der Waals surface area contributed by atoms with Crippen molar-refractivity contribution in [2.24, 2.45) is 0 Å². The standard InChI is InChI=1S/C14H21BrN2O2/c1-16-12(10-2-4-11(15)5-3-10)6-7-17-8-13(18)14(19)9-17/h2-5,12-14,16,18-19H,6-9H2,1H3. The smallest absolute Gasteiger partial charge is 0.0938 e. The number of benzene rings is 1. The molecule has 1 fully saturated rings. The van der Waals surface area contributed by atoms with E-state index in [9.17, 15) is 10.2 Å². The van der Waals surface area contributed by atoms with Crippen molar-refractivity contribution in [3.63, 3.8) is 0 Å². The van der Waals surface area contributed by atoms with E-state index in [2.05, 4.69) is 38.3 Å². The van der Waals surface area contributed by atoms with Crippen LogP contribution in [0, 0.1) is 0 Å². The van der Waals surface area contributed by atoms with Crippen molar-refractivity contribution in [3.8, 4) is 0 Å². The molecule has 0 spiro atoms. The molecule has 1 heterocycles. The fourth-order valence-electron chi connectivity index (χ4n) is 2.51. The Balaban J connectivity index is 1.88. The van der Waals surface area contributed by atoms with Crippen LogP contribution in [0.1, 0.15) is 18.0 Å². The number of β-amino-alcohol motifs (C(OH)–C–C–N with tert-alkyl or cyclic N) is 2. The first-order valence-electron chi connectivity index (χ1n) is 6.61. The van der Waals surface area contributed by atoms with Crippen LogP contribution in [0.5, 0.6) is 0 Å². The van der Waals surface area contributed by atoms with Crippen LogP contribution in [0.4, 0.5) is 0 Å². The Morgan fingerprint density at radius 1 is 1.26 bits per heavy atom. The molecule has 0 aromatic heterocycles. The molecule has 1 aliphatic rings. The summed E-state index contributed by atoms with van der Waals surface area (Å²) >= 11 is 3.44. The highest BCUT2D eigenvalue weighted by Gasteiger charge is 2.29. The molecular weight excluding hydrogens is 308 g/mol. The Hall–Kier alpha value is -0.460. The zero-order valence-corrected chi connectivity index (χ0v) is 12.7. The summed E-state index contributed by atoms with van der Waals surface area (Å²) in [6, 6.07) is 8.60. The van der Waals surface area contributed by atoms with Gasteiger partial charge in [-0.3, -0.25) is 4.90 Å². The lowest BCUT2D eigenvalue weighted by atomic mass is 10.0. The Kier molecular flexibility index (Phi) is 5.36. The summed E-state index contributed by atoms with van der Waals surface area (Å²) in [7, 11) is 1.96. The number of likely N-dealkylation sites (tertiary alicyclic amines) is 1. The molecule has 5 heteroatoms. The van der Waals surface area contributed by atoms with Gasteiger partial charge in [-0.25, -0.2) is 0 Å².